The van der Waals surface area contributed by atoms with Gasteiger partial charge in [-0.15, -0.1) is 0 Å². The molecule has 2 aromatic rings. The molecule has 0 unspecified atom stereocenters. The molecule has 1 aromatic heterocycles. The molecule has 2 N–H and O–H groups in total. The molecule has 0 bridgehead atoms. The molecular weight excluding hydrogens is 480 g/mol. The minimum absolute atomic E-state index is 0.0426. The predicted octanol–water partition coefficient (Wildman–Crippen LogP) is 5.95. The number of hydrogen-bond donors (Lipinski definition) is 2. The van der Waals surface area contributed by atoms with Crippen molar-refractivity contribution in [2.75, 3.05) is 41.3 Å². The smallest absolute Gasteiger partial charge is 0.266 e. The lowest BCUT2D eigenvalue weighted by atomic mass is 9.93. The van der Waals surface area contributed by atoms with Gasteiger partial charge in [0.25, 0.3) is 11.8 Å². The van der Waals surface area contributed by atoms with Crippen molar-refractivity contribution in [3.8, 4) is 0 Å². The van der Waals surface area contributed by atoms with Gasteiger partial charge in [-0.25, -0.2) is 13.8 Å². The summed E-state index contributed by atoms with van der Waals surface area (Å²) in [7, 11) is 0. The lowest BCUT2D eigenvalue weighted by Gasteiger charge is -2.34. The van der Waals surface area contributed by atoms with Crippen LogP contribution in [0.25, 0.3) is 0 Å². The largest absolute Gasteiger partial charge is 0.356 e. The highest BCUT2D eigenvalue weighted by molar-refractivity contribution is 7.97. The van der Waals surface area contributed by atoms with Crippen LogP contribution in [0.2, 0.25) is 0 Å². The second kappa shape index (κ2) is 9.49. The third kappa shape index (κ3) is 5.94. The zero-order chi connectivity index (χ0) is 25.6. The number of piperidine rings is 1. The van der Waals surface area contributed by atoms with E-state index in [4.69, 9.17) is 4.98 Å². The maximum absolute atomic E-state index is 13.9. The number of nitrogens with zero attached hydrogens (tertiary/aromatic N) is 3. The molecule has 0 radical (unpaired) electrons. The highest BCUT2D eigenvalue weighted by atomic mass is 32.2. The fraction of sp³-hybridized carbons (Fsp3) is 0.556. The Morgan fingerprint density at radius 1 is 1.00 bits per heavy atom. The Kier molecular flexibility index (Phi) is 6.66. The zero-order valence-electron chi connectivity index (χ0n) is 21.2. The van der Waals surface area contributed by atoms with Crippen LogP contribution in [0.1, 0.15) is 63.2 Å². The molecule has 3 aliphatic rings. The molecule has 36 heavy (non-hydrogen) atoms. The molecule has 9 heteroatoms. The third-order valence-electron chi connectivity index (χ3n) is 7.25. The van der Waals surface area contributed by atoms with Gasteiger partial charge in [0.2, 0.25) is 0 Å². The van der Waals surface area contributed by atoms with Crippen LogP contribution in [-0.4, -0.2) is 48.5 Å². The monoisotopic (exact) mass is 515 g/mol. The van der Waals surface area contributed by atoms with Crippen LogP contribution in [0.15, 0.2) is 41.3 Å². The number of aromatic nitrogens is 1. The first-order valence-corrected chi connectivity index (χ1v) is 13.6. The van der Waals surface area contributed by atoms with Crippen molar-refractivity contribution < 1.29 is 13.6 Å². The molecule has 1 saturated carbocycles. The average molecular weight is 516 g/mol. The Labute approximate surface area is 216 Å². The van der Waals surface area contributed by atoms with Crippen LogP contribution in [0.5, 0.6) is 0 Å². The number of halogens is 2. The number of hydrogen-bond acceptors (Lipinski definition) is 6. The number of nitrogens with one attached hydrogen (secondary N) is 2. The maximum Gasteiger partial charge on any atom is 0.266 e. The van der Waals surface area contributed by atoms with Gasteiger partial charge >= 0.3 is 0 Å². The first-order valence-electron chi connectivity index (χ1n) is 12.8. The van der Waals surface area contributed by atoms with Gasteiger partial charge in [-0.2, -0.15) is 0 Å². The Balaban J connectivity index is 1.37. The minimum atomic E-state index is -2.70. The van der Waals surface area contributed by atoms with Crippen molar-refractivity contribution >= 4 is 35.2 Å². The summed E-state index contributed by atoms with van der Waals surface area (Å²) < 4.78 is 31.1. The number of pyridine rings is 1. The van der Waals surface area contributed by atoms with Crippen LogP contribution in [0.4, 0.5) is 26.1 Å². The summed E-state index contributed by atoms with van der Waals surface area (Å²) in [6.45, 7) is 7.88. The number of rotatable bonds is 6. The Hall–Kier alpha value is -2.39. The van der Waals surface area contributed by atoms with E-state index in [0.717, 1.165) is 30.8 Å². The summed E-state index contributed by atoms with van der Waals surface area (Å²) in [5.41, 5.74) is 1.61. The number of amides is 1. The van der Waals surface area contributed by atoms with Crippen LogP contribution >= 0.6 is 11.9 Å². The topological polar surface area (TPSA) is 60.5 Å². The molecule has 1 aromatic carbocycles. The summed E-state index contributed by atoms with van der Waals surface area (Å²) in [6, 6.07) is 11.2. The average Bonchev–Trinajstić information content (AvgIpc) is 3.48. The molecule has 6 nitrogen and oxygen atoms in total. The predicted molar refractivity (Wildman–Crippen MR) is 142 cm³/mol. The van der Waals surface area contributed by atoms with Gasteiger partial charge in [0.1, 0.15) is 11.6 Å². The number of anilines is 3. The van der Waals surface area contributed by atoms with E-state index < -0.39 is 5.92 Å². The number of carbonyl (C=O) groups is 1. The van der Waals surface area contributed by atoms with E-state index in [1.54, 1.807) is 17.0 Å². The van der Waals surface area contributed by atoms with E-state index in [0.29, 0.717) is 28.3 Å². The van der Waals surface area contributed by atoms with Gasteiger partial charge in [0.15, 0.2) is 0 Å². The van der Waals surface area contributed by atoms with Crippen molar-refractivity contribution in [1.82, 2.24) is 9.71 Å². The van der Waals surface area contributed by atoms with E-state index in [2.05, 4.69) is 35.7 Å². The second-order valence-electron chi connectivity index (χ2n) is 11.5. The zero-order valence-corrected chi connectivity index (χ0v) is 22.1. The molecule has 1 amide bonds. The van der Waals surface area contributed by atoms with Gasteiger partial charge < -0.3 is 15.1 Å². The molecule has 3 fully saturated rings. The first kappa shape index (κ1) is 25.3. The molecule has 1 spiro atoms. The summed E-state index contributed by atoms with van der Waals surface area (Å²) in [6.07, 6.45) is 4.56. The Morgan fingerprint density at radius 3 is 2.36 bits per heavy atom. The highest BCUT2D eigenvalue weighted by Crippen LogP contribution is 2.54. The minimum Gasteiger partial charge on any atom is -0.356 e. The maximum atomic E-state index is 13.9. The van der Waals surface area contributed by atoms with Gasteiger partial charge in [-0.3, -0.25) is 9.52 Å². The molecule has 2 aliphatic heterocycles. The van der Waals surface area contributed by atoms with Crippen molar-refractivity contribution in [3.63, 3.8) is 0 Å². The lowest BCUT2D eigenvalue weighted by Crippen LogP contribution is -2.37. The van der Waals surface area contributed by atoms with E-state index in [-0.39, 0.29) is 31.0 Å². The lowest BCUT2D eigenvalue weighted by molar-refractivity contribution is 0.0256. The third-order valence-corrected chi connectivity index (χ3v) is 8.45. The van der Waals surface area contributed by atoms with Crippen LogP contribution < -0.4 is 19.8 Å². The van der Waals surface area contributed by atoms with Gasteiger partial charge in [-0.05, 0) is 94.1 Å². The normalized spacial score (nSPS) is 20.6. The molecule has 194 valence electrons. The quantitative estimate of drug-likeness (QED) is 0.464. The van der Waals surface area contributed by atoms with E-state index in [1.807, 2.05) is 24.3 Å². The van der Waals surface area contributed by atoms with Gasteiger partial charge in [0, 0.05) is 42.2 Å². The number of benzene rings is 1. The van der Waals surface area contributed by atoms with Crippen molar-refractivity contribution in [2.45, 2.75) is 69.2 Å². The standard InChI is InChI=1S/C27H35F2N5OS/c1-25(2,3)32-36-20-6-4-5-19(17-20)30-24(35)21-7-8-22(34-16-13-27(28,29)18-34)31-23(21)33-14-11-26(9-10-26)12-15-33/h4-8,17,32H,9-16,18H2,1-3H3,(H,30,35). The van der Waals surface area contributed by atoms with Gasteiger partial charge in [-0.1, -0.05) is 6.07 Å². The molecule has 2 saturated heterocycles. The van der Waals surface area contributed by atoms with Crippen molar-refractivity contribution in [1.29, 1.82) is 0 Å². The molecular formula is C27H35F2N5OS. The summed E-state index contributed by atoms with van der Waals surface area (Å²) in [4.78, 5) is 23.0. The molecule has 1 aliphatic carbocycles. The second-order valence-corrected chi connectivity index (χ2v) is 12.4. The van der Waals surface area contributed by atoms with Gasteiger partial charge in [0.05, 0.1) is 12.1 Å². The van der Waals surface area contributed by atoms with Crippen molar-refractivity contribution in [2.24, 2.45) is 5.41 Å². The van der Waals surface area contributed by atoms with Crippen LogP contribution in [0, 0.1) is 5.41 Å². The van der Waals surface area contributed by atoms with Crippen molar-refractivity contribution in [3.05, 3.63) is 42.0 Å². The summed E-state index contributed by atoms with van der Waals surface area (Å²) in [5, 5.41) is 3.03. The van der Waals surface area contributed by atoms with Crippen LogP contribution in [0.3, 0.4) is 0 Å². The van der Waals surface area contributed by atoms with Crippen LogP contribution in [-0.2, 0) is 0 Å². The number of alkyl halides is 2. The fourth-order valence-electron chi connectivity index (χ4n) is 4.88. The Morgan fingerprint density at radius 2 is 1.72 bits per heavy atom. The number of carbonyl (C=O) groups excluding carboxylic acids is 1. The Bertz CT molecular complexity index is 1120. The van der Waals surface area contributed by atoms with E-state index in [1.165, 1.54) is 24.8 Å². The summed E-state index contributed by atoms with van der Waals surface area (Å²) >= 11 is 1.52. The fourth-order valence-corrected chi connectivity index (χ4v) is 5.64. The molecule has 3 heterocycles. The van der Waals surface area contributed by atoms with E-state index >= 15 is 0 Å². The van der Waals surface area contributed by atoms with E-state index in [9.17, 15) is 13.6 Å². The first-order chi connectivity index (χ1) is 17.0. The molecule has 0 atom stereocenters. The SMILES string of the molecule is CC(C)(C)NSc1cccc(NC(=O)c2ccc(N3CCC(F)(F)C3)nc2N2CCC3(CC2)CC3)c1. The highest BCUT2D eigenvalue weighted by Gasteiger charge is 2.45. The molecule has 5 rings (SSSR count). The summed E-state index contributed by atoms with van der Waals surface area (Å²) in [5.74, 6) is -1.84.